The fourth-order valence-electron chi connectivity index (χ4n) is 1.07. The van der Waals surface area contributed by atoms with Crippen molar-refractivity contribution >= 4 is 33.7 Å². The van der Waals surface area contributed by atoms with Crippen molar-refractivity contribution in [3.8, 4) is 0 Å². The van der Waals surface area contributed by atoms with Crippen LogP contribution in [0, 0.1) is 0 Å². The highest BCUT2D eigenvalue weighted by Crippen LogP contribution is 2.30. The number of hydrogen-bond acceptors (Lipinski definition) is 2. The monoisotopic (exact) mass is 288 g/mol. The predicted molar refractivity (Wildman–Crippen MR) is 66.7 cm³/mol. The summed E-state index contributed by atoms with van der Waals surface area (Å²) in [7, 11) is 0. The largest absolute Gasteiger partial charge is 0.478 e. The lowest BCUT2D eigenvalue weighted by Crippen LogP contribution is -2.01. The van der Waals surface area contributed by atoms with Gasteiger partial charge in [-0.3, -0.25) is 0 Å². The fourth-order valence-corrected chi connectivity index (χ4v) is 2.45. The third-order valence-corrected chi connectivity index (χ3v) is 3.91. The Kier molecular flexibility index (Phi) is 4.67. The van der Waals surface area contributed by atoms with Crippen LogP contribution in [-0.2, 0) is 0 Å². The van der Waals surface area contributed by atoms with Crippen LogP contribution < -0.4 is 0 Å². The van der Waals surface area contributed by atoms with Crippen LogP contribution in [0.4, 0.5) is 0 Å². The number of carbonyl (C=O) groups is 1. The van der Waals surface area contributed by atoms with E-state index in [1.165, 1.54) is 0 Å². The number of halogens is 1. The van der Waals surface area contributed by atoms with E-state index < -0.39 is 5.97 Å². The maximum Gasteiger partial charge on any atom is 0.336 e. The van der Waals surface area contributed by atoms with Gasteiger partial charge in [-0.1, -0.05) is 29.8 Å². The average molecular weight is 289 g/mol. The number of aromatic carboxylic acids is 1. The van der Waals surface area contributed by atoms with E-state index in [0.29, 0.717) is 10.8 Å². The summed E-state index contributed by atoms with van der Waals surface area (Å²) in [5.41, 5.74) is 0.370. The molecule has 1 rings (SSSR count). The van der Waals surface area contributed by atoms with Crippen LogP contribution in [-0.4, -0.2) is 16.3 Å². The van der Waals surface area contributed by atoms with Crippen molar-refractivity contribution < 1.29 is 9.90 Å². The molecule has 4 heteroatoms. The minimum Gasteiger partial charge on any atom is -0.478 e. The molecule has 1 aromatic carbocycles. The van der Waals surface area contributed by atoms with Gasteiger partial charge in [0.2, 0.25) is 0 Å². The molecule has 0 radical (unpaired) electrons. The van der Waals surface area contributed by atoms with Crippen molar-refractivity contribution in [3.05, 3.63) is 28.2 Å². The molecule has 0 fully saturated rings. The predicted octanol–water partition coefficient (Wildman–Crippen LogP) is 4.04. The molecule has 15 heavy (non-hydrogen) atoms. The van der Waals surface area contributed by atoms with Crippen LogP contribution in [0.15, 0.2) is 27.6 Å². The van der Waals surface area contributed by atoms with E-state index in [2.05, 4.69) is 29.8 Å². The van der Waals surface area contributed by atoms with E-state index >= 15 is 0 Å². The van der Waals surface area contributed by atoms with Crippen molar-refractivity contribution in [1.82, 2.24) is 0 Å². The van der Waals surface area contributed by atoms with Gasteiger partial charge >= 0.3 is 5.97 Å². The summed E-state index contributed by atoms with van der Waals surface area (Å²) in [5, 5.41) is 9.48. The standard InChI is InChI=1S/C11H13BrO2S/c1-3-7(2)15-10-5-4-8(12)6-9(10)11(13)14/h4-7H,3H2,1-2H3,(H,13,14). The number of benzene rings is 1. The van der Waals surface area contributed by atoms with Crippen molar-refractivity contribution in [2.75, 3.05) is 0 Å². The molecular weight excluding hydrogens is 276 g/mol. The molecule has 0 spiro atoms. The first-order valence-corrected chi connectivity index (χ1v) is 6.41. The zero-order valence-electron chi connectivity index (χ0n) is 8.66. The molecule has 1 unspecified atom stereocenters. The van der Waals surface area contributed by atoms with Gasteiger partial charge in [0.25, 0.3) is 0 Å². The summed E-state index contributed by atoms with van der Waals surface area (Å²) >= 11 is 4.88. The van der Waals surface area contributed by atoms with Crippen LogP contribution in [0.3, 0.4) is 0 Å². The van der Waals surface area contributed by atoms with Crippen molar-refractivity contribution in [3.63, 3.8) is 0 Å². The van der Waals surface area contributed by atoms with E-state index in [-0.39, 0.29) is 0 Å². The summed E-state index contributed by atoms with van der Waals surface area (Å²) in [6, 6.07) is 5.37. The molecule has 2 nitrogen and oxygen atoms in total. The maximum absolute atomic E-state index is 11.0. The zero-order chi connectivity index (χ0) is 11.4. The minimum absolute atomic E-state index is 0.370. The molecule has 82 valence electrons. The first-order chi connectivity index (χ1) is 7.04. The summed E-state index contributed by atoms with van der Waals surface area (Å²) in [4.78, 5) is 11.8. The fraction of sp³-hybridized carbons (Fsp3) is 0.364. The van der Waals surface area contributed by atoms with Crippen molar-refractivity contribution in [1.29, 1.82) is 0 Å². The maximum atomic E-state index is 11.0. The Morgan fingerprint density at radius 3 is 2.80 bits per heavy atom. The number of thioether (sulfide) groups is 1. The van der Waals surface area contributed by atoms with Gasteiger partial charge in [0.15, 0.2) is 0 Å². The van der Waals surface area contributed by atoms with Gasteiger partial charge < -0.3 is 5.11 Å². The molecule has 0 bridgehead atoms. The van der Waals surface area contributed by atoms with Crippen LogP contribution in [0.1, 0.15) is 30.6 Å². The number of carboxylic acids is 1. The van der Waals surface area contributed by atoms with Crippen LogP contribution >= 0.6 is 27.7 Å². The molecule has 0 amide bonds. The lowest BCUT2D eigenvalue weighted by atomic mass is 10.2. The van der Waals surface area contributed by atoms with E-state index in [0.717, 1.165) is 15.8 Å². The molecule has 0 aliphatic carbocycles. The highest BCUT2D eigenvalue weighted by Gasteiger charge is 2.12. The summed E-state index contributed by atoms with van der Waals surface area (Å²) in [5.74, 6) is -0.873. The van der Waals surface area contributed by atoms with Gasteiger partial charge in [0, 0.05) is 14.6 Å². The summed E-state index contributed by atoms with van der Waals surface area (Å²) < 4.78 is 0.799. The SMILES string of the molecule is CCC(C)Sc1ccc(Br)cc1C(=O)O. The smallest absolute Gasteiger partial charge is 0.336 e. The average Bonchev–Trinajstić information content (AvgIpc) is 2.20. The Morgan fingerprint density at radius 2 is 2.27 bits per heavy atom. The Bertz CT molecular complexity index is 366. The summed E-state index contributed by atoms with van der Waals surface area (Å²) in [6.07, 6.45) is 1.03. The topological polar surface area (TPSA) is 37.3 Å². The molecule has 0 aromatic heterocycles. The molecule has 1 atom stereocenters. The van der Waals surface area contributed by atoms with Crippen LogP contribution in [0.5, 0.6) is 0 Å². The summed E-state index contributed by atoms with van der Waals surface area (Å²) in [6.45, 7) is 4.19. The van der Waals surface area contributed by atoms with E-state index in [4.69, 9.17) is 5.11 Å². The second kappa shape index (κ2) is 5.56. The van der Waals surface area contributed by atoms with Gasteiger partial charge in [-0.2, -0.15) is 0 Å². The molecule has 0 heterocycles. The minimum atomic E-state index is -0.873. The Labute approximate surface area is 102 Å². The normalized spacial score (nSPS) is 12.5. The Morgan fingerprint density at radius 1 is 1.60 bits per heavy atom. The third-order valence-electron chi connectivity index (χ3n) is 2.08. The first kappa shape index (κ1) is 12.6. The molecule has 0 saturated heterocycles. The second-order valence-electron chi connectivity index (χ2n) is 3.28. The Hall–Kier alpha value is -0.480. The Balaban J connectivity index is 3.01. The van der Waals surface area contributed by atoms with E-state index in [1.54, 1.807) is 17.8 Å². The molecule has 1 N–H and O–H groups in total. The van der Waals surface area contributed by atoms with Gasteiger partial charge in [0.05, 0.1) is 5.56 Å². The number of carboxylic acid groups (broad SMARTS) is 1. The molecule has 0 saturated carbocycles. The zero-order valence-corrected chi connectivity index (χ0v) is 11.1. The highest BCUT2D eigenvalue weighted by atomic mass is 79.9. The van der Waals surface area contributed by atoms with E-state index in [9.17, 15) is 4.79 Å². The quantitative estimate of drug-likeness (QED) is 0.850. The first-order valence-electron chi connectivity index (χ1n) is 4.74. The molecule has 1 aromatic rings. The van der Waals surface area contributed by atoms with Crippen molar-refractivity contribution in [2.24, 2.45) is 0 Å². The lowest BCUT2D eigenvalue weighted by molar-refractivity contribution is 0.0693. The number of hydrogen-bond donors (Lipinski definition) is 1. The third kappa shape index (κ3) is 3.54. The number of rotatable bonds is 4. The van der Waals surface area contributed by atoms with Crippen LogP contribution in [0.2, 0.25) is 0 Å². The molecule has 0 aliphatic heterocycles. The highest BCUT2D eigenvalue weighted by molar-refractivity contribution is 9.10. The lowest BCUT2D eigenvalue weighted by Gasteiger charge is -2.10. The molecular formula is C11H13BrO2S. The molecule has 0 aliphatic rings. The van der Waals surface area contributed by atoms with Crippen LogP contribution in [0.25, 0.3) is 0 Å². The van der Waals surface area contributed by atoms with E-state index in [1.807, 2.05) is 12.1 Å². The van der Waals surface area contributed by atoms with Gasteiger partial charge in [-0.15, -0.1) is 11.8 Å². The van der Waals surface area contributed by atoms with Gasteiger partial charge in [-0.05, 0) is 24.6 Å². The van der Waals surface area contributed by atoms with Crippen molar-refractivity contribution in [2.45, 2.75) is 30.4 Å². The van der Waals surface area contributed by atoms with Gasteiger partial charge in [0.1, 0.15) is 0 Å². The second-order valence-corrected chi connectivity index (χ2v) is 5.68. The van der Waals surface area contributed by atoms with Gasteiger partial charge in [-0.25, -0.2) is 4.79 Å².